The van der Waals surface area contributed by atoms with Gasteiger partial charge in [-0.25, -0.2) is 4.39 Å². The highest BCUT2D eigenvalue weighted by molar-refractivity contribution is 5.94. The van der Waals surface area contributed by atoms with Crippen molar-refractivity contribution in [3.05, 3.63) is 35.1 Å². The zero-order chi connectivity index (χ0) is 14.5. The molecule has 20 heavy (non-hydrogen) atoms. The van der Waals surface area contributed by atoms with E-state index in [-0.39, 0.29) is 11.7 Å². The van der Waals surface area contributed by atoms with Gasteiger partial charge in [0, 0.05) is 43.9 Å². The molecule has 1 saturated heterocycles. The molecule has 3 N–H and O–H groups in total. The quantitative estimate of drug-likeness (QED) is 0.636. The molecule has 4 nitrogen and oxygen atoms in total. The first kappa shape index (κ1) is 14.9. The third-order valence-corrected chi connectivity index (χ3v) is 3.76. The molecule has 1 aliphatic rings. The fourth-order valence-corrected chi connectivity index (χ4v) is 2.57. The second kappa shape index (κ2) is 6.81. The Morgan fingerprint density at radius 2 is 1.90 bits per heavy atom. The van der Waals surface area contributed by atoms with E-state index in [2.05, 4.69) is 16.7 Å². The summed E-state index contributed by atoms with van der Waals surface area (Å²) in [6.07, 6.45) is 1.18. The molecule has 0 unspecified atom stereocenters. The number of piperazine rings is 1. The van der Waals surface area contributed by atoms with Gasteiger partial charge < -0.3 is 10.6 Å². The molecule has 110 valence electrons. The summed E-state index contributed by atoms with van der Waals surface area (Å²) < 4.78 is 14.0. The van der Waals surface area contributed by atoms with Crippen LogP contribution in [-0.2, 0) is 6.54 Å². The van der Waals surface area contributed by atoms with Gasteiger partial charge in [0.1, 0.15) is 11.7 Å². The minimum atomic E-state index is -0.270. The first-order chi connectivity index (χ1) is 9.60. The Balaban J connectivity index is 1.93. The van der Waals surface area contributed by atoms with Crippen LogP contribution < -0.4 is 5.73 Å². The molecule has 0 radical (unpaired) electrons. The molecule has 0 spiro atoms. The lowest BCUT2D eigenvalue weighted by atomic mass is 10.1. The maximum atomic E-state index is 14.0. The van der Waals surface area contributed by atoms with E-state index >= 15 is 0 Å². The average molecular weight is 278 g/mol. The Labute approximate surface area is 119 Å². The summed E-state index contributed by atoms with van der Waals surface area (Å²) in [5.74, 6) is -0.364. The molecule has 0 saturated carbocycles. The number of benzene rings is 1. The first-order valence-electron chi connectivity index (χ1n) is 7.17. The fraction of sp³-hybridized carbons (Fsp3) is 0.533. The number of nitrogens with one attached hydrogen (secondary N) is 1. The third-order valence-electron chi connectivity index (χ3n) is 3.76. The number of nitrogen functional groups attached to an aromatic ring is 1. The predicted molar refractivity (Wildman–Crippen MR) is 79.4 cm³/mol. The molecular formula is C15H23FN4. The summed E-state index contributed by atoms with van der Waals surface area (Å²) in [6, 6.07) is 4.81. The van der Waals surface area contributed by atoms with Crippen molar-refractivity contribution in [2.24, 2.45) is 5.73 Å². The molecule has 0 amide bonds. The van der Waals surface area contributed by atoms with Crippen LogP contribution in [0.25, 0.3) is 0 Å². The van der Waals surface area contributed by atoms with Crippen LogP contribution in [0.3, 0.4) is 0 Å². The SMILES string of the molecule is CCCN1CCN(Cc2ccc(C(=N)N)cc2F)CC1. The summed E-state index contributed by atoms with van der Waals surface area (Å²) in [4.78, 5) is 4.73. The van der Waals surface area contributed by atoms with Gasteiger partial charge in [-0.15, -0.1) is 0 Å². The van der Waals surface area contributed by atoms with E-state index in [0.29, 0.717) is 17.7 Å². The van der Waals surface area contributed by atoms with Crippen molar-refractivity contribution in [1.82, 2.24) is 9.80 Å². The van der Waals surface area contributed by atoms with Gasteiger partial charge in [-0.1, -0.05) is 19.1 Å². The molecule has 1 fully saturated rings. The van der Waals surface area contributed by atoms with Gasteiger partial charge in [0.05, 0.1) is 0 Å². The molecule has 2 rings (SSSR count). The topological polar surface area (TPSA) is 56.4 Å². The molecule has 5 heteroatoms. The summed E-state index contributed by atoms with van der Waals surface area (Å²) in [5.41, 5.74) is 6.48. The molecule has 0 aliphatic carbocycles. The van der Waals surface area contributed by atoms with Crippen LogP contribution >= 0.6 is 0 Å². The van der Waals surface area contributed by atoms with Gasteiger partial charge in [0.25, 0.3) is 0 Å². The van der Waals surface area contributed by atoms with E-state index in [4.69, 9.17) is 11.1 Å². The molecule has 0 bridgehead atoms. The van der Waals surface area contributed by atoms with Crippen LogP contribution in [0.2, 0.25) is 0 Å². The number of nitrogens with two attached hydrogens (primary N) is 1. The first-order valence-corrected chi connectivity index (χ1v) is 7.17. The molecule has 1 aromatic carbocycles. The fourth-order valence-electron chi connectivity index (χ4n) is 2.57. The Hall–Kier alpha value is -1.46. The minimum absolute atomic E-state index is 0.0939. The maximum Gasteiger partial charge on any atom is 0.128 e. The maximum absolute atomic E-state index is 14.0. The van der Waals surface area contributed by atoms with Gasteiger partial charge in [0.15, 0.2) is 0 Å². The summed E-state index contributed by atoms with van der Waals surface area (Å²) in [6.45, 7) is 8.04. The van der Waals surface area contributed by atoms with E-state index in [1.165, 1.54) is 12.5 Å². The summed E-state index contributed by atoms with van der Waals surface area (Å²) in [5, 5.41) is 7.31. The number of halogens is 1. The van der Waals surface area contributed by atoms with Crippen LogP contribution in [0, 0.1) is 11.2 Å². The standard InChI is InChI=1S/C15H23FN4/c1-2-5-19-6-8-20(9-7-19)11-13-4-3-12(15(17)18)10-14(13)16/h3-4,10H,2,5-9,11H2,1H3,(H3,17,18). The van der Waals surface area contributed by atoms with E-state index in [1.807, 2.05) is 0 Å². The largest absolute Gasteiger partial charge is 0.384 e. The van der Waals surface area contributed by atoms with Crippen LogP contribution in [0.5, 0.6) is 0 Å². The van der Waals surface area contributed by atoms with Crippen molar-refractivity contribution in [2.75, 3.05) is 32.7 Å². The molecule has 1 heterocycles. The van der Waals surface area contributed by atoms with Gasteiger partial charge in [-0.3, -0.25) is 10.3 Å². The van der Waals surface area contributed by atoms with Crippen molar-refractivity contribution in [3.63, 3.8) is 0 Å². The molecule has 1 aromatic rings. The number of nitrogens with zero attached hydrogens (tertiary/aromatic N) is 2. The van der Waals surface area contributed by atoms with Crippen molar-refractivity contribution in [1.29, 1.82) is 5.41 Å². The van der Waals surface area contributed by atoms with E-state index in [0.717, 1.165) is 32.7 Å². The molecule has 0 aromatic heterocycles. The number of amidine groups is 1. The normalized spacial score (nSPS) is 17.3. The van der Waals surface area contributed by atoms with Crippen molar-refractivity contribution >= 4 is 5.84 Å². The Morgan fingerprint density at radius 3 is 2.45 bits per heavy atom. The molecular weight excluding hydrogens is 255 g/mol. The van der Waals surface area contributed by atoms with Crippen LogP contribution in [-0.4, -0.2) is 48.4 Å². The van der Waals surface area contributed by atoms with E-state index < -0.39 is 0 Å². The lowest BCUT2D eigenvalue weighted by Crippen LogP contribution is -2.46. The summed E-state index contributed by atoms with van der Waals surface area (Å²) in [7, 11) is 0. The summed E-state index contributed by atoms with van der Waals surface area (Å²) >= 11 is 0. The number of rotatable bonds is 5. The average Bonchev–Trinajstić information content (AvgIpc) is 2.43. The van der Waals surface area contributed by atoms with Gasteiger partial charge in [0.2, 0.25) is 0 Å². The molecule has 0 atom stereocenters. The highest BCUT2D eigenvalue weighted by atomic mass is 19.1. The Bertz CT molecular complexity index is 467. The second-order valence-electron chi connectivity index (χ2n) is 5.34. The lowest BCUT2D eigenvalue weighted by molar-refractivity contribution is 0.126. The molecule has 1 aliphatic heterocycles. The van der Waals surface area contributed by atoms with Gasteiger partial charge in [-0.2, -0.15) is 0 Å². The highest BCUT2D eigenvalue weighted by Gasteiger charge is 2.17. The highest BCUT2D eigenvalue weighted by Crippen LogP contribution is 2.14. The smallest absolute Gasteiger partial charge is 0.128 e. The van der Waals surface area contributed by atoms with Crippen LogP contribution in [0.1, 0.15) is 24.5 Å². The predicted octanol–water partition coefficient (Wildman–Crippen LogP) is 1.64. The number of hydrogen-bond donors (Lipinski definition) is 2. The third kappa shape index (κ3) is 3.77. The Morgan fingerprint density at radius 1 is 1.25 bits per heavy atom. The van der Waals surface area contributed by atoms with E-state index in [1.54, 1.807) is 12.1 Å². The van der Waals surface area contributed by atoms with Crippen molar-refractivity contribution in [3.8, 4) is 0 Å². The zero-order valence-corrected chi connectivity index (χ0v) is 12.0. The lowest BCUT2D eigenvalue weighted by Gasteiger charge is -2.34. The van der Waals surface area contributed by atoms with Crippen molar-refractivity contribution in [2.45, 2.75) is 19.9 Å². The van der Waals surface area contributed by atoms with Crippen LogP contribution in [0.4, 0.5) is 4.39 Å². The minimum Gasteiger partial charge on any atom is -0.384 e. The van der Waals surface area contributed by atoms with Crippen LogP contribution in [0.15, 0.2) is 18.2 Å². The Kier molecular flexibility index (Phi) is 5.09. The second-order valence-corrected chi connectivity index (χ2v) is 5.34. The van der Waals surface area contributed by atoms with Crippen molar-refractivity contribution < 1.29 is 4.39 Å². The van der Waals surface area contributed by atoms with Gasteiger partial charge in [-0.05, 0) is 19.0 Å². The number of hydrogen-bond acceptors (Lipinski definition) is 3. The van der Waals surface area contributed by atoms with E-state index in [9.17, 15) is 4.39 Å². The monoisotopic (exact) mass is 278 g/mol. The zero-order valence-electron chi connectivity index (χ0n) is 12.0. The van der Waals surface area contributed by atoms with Gasteiger partial charge >= 0.3 is 0 Å².